The molecule has 0 aromatic rings. The Morgan fingerprint density at radius 2 is 1.71 bits per heavy atom. The van der Waals surface area contributed by atoms with Gasteiger partial charge in [-0.3, -0.25) is 0 Å². The first-order valence-corrected chi connectivity index (χ1v) is 6.76. The zero-order valence-corrected chi connectivity index (χ0v) is 11.6. The van der Waals surface area contributed by atoms with E-state index in [9.17, 15) is 10.2 Å². The highest BCUT2D eigenvalue weighted by molar-refractivity contribution is 4.91. The second-order valence-electron chi connectivity index (χ2n) is 6.60. The van der Waals surface area contributed by atoms with Gasteiger partial charge in [-0.15, -0.1) is 0 Å². The maximum Gasteiger partial charge on any atom is 0.0805 e. The minimum absolute atomic E-state index is 0.0591. The minimum atomic E-state index is -0.573. The van der Waals surface area contributed by atoms with Crippen molar-refractivity contribution in [3.63, 3.8) is 0 Å². The average Bonchev–Trinajstić information content (AvgIpc) is 2.39. The van der Waals surface area contributed by atoms with E-state index in [1.54, 1.807) is 0 Å². The van der Waals surface area contributed by atoms with Gasteiger partial charge in [0.15, 0.2) is 0 Å². The third-order valence-corrected chi connectivity index (χ3v) is 3.57. The molecule has 3 unspecified atom stereocenters. The molecule has 2 N–H and O–H groups in total. The number of ether oxygens (including phenoxy) is 1. The molecule has 0 saturated heterocycles. The highest BCUT2D eigenvalue weighted by Gasteiger charge is 2.40. The number of aliphatic hydroxyl groups is 2. The van der Waals surface area contributed by atoms with Crippen molar-refractivity contribution < 1.29 is 14.9 Å². The first-order valence-electron chi connectivity index (χ1n) is 6.76. The summed E-state index contributed by atoms with van der Waals surface area (Å²) < 4.78 is 5.76. The Morgan fingerprint density at radius 1 is 1.18 bits per heavy atom. The summed E-state index contributed by atoms with van der Waals surface area (Å²) in [6, 6.07) is 0. The molecule has 1 aliphatic carbocycles. The van der Waals surface area contributed by atoms with E-state index in [1.165, 1.54) is 6.42 Å². The van der Waals surface area contributed by atoms with Gasteiger partial charge in [-0.2, -0.15) is 0 Å². The fourth-order valence-corrected chi connectivity index (χ4v) is 2.86. The summed E-state index contributed by atoms with van der Waals surface area (Å²) in [6.07, 6.45) is 1.33. The lowest BCUT2D eigenvalue weighted by Crippen LogP contribution is -2.23. The third kappa shape index (κ3) is 4.94. The highest BCUT2D eigenvalue weighted by Crippen LogP contribution is 2.38. The second-order valence-corrected chi connectivity index (χ2v) is 6.60. The van der Waals surface area contributed by atoms with Crippen LogP contribution in [0.15, 0.2) is 0 Å². The van der Waals surface area contributed by atoms with Gasteiger partial charge in [0.2, 0.25) is 0 Å². The van der Waals surface area contributed by atoms with Crippen LogP contribution in [-0.4, -0.2) is 35.6 Å². The zero-order chi connectivity index (χ0) is 13.1. The molecule has 3 atom stereocenters. The van der Waals surface area contributed by atoms with Gasteiger partial charge in [0.05, 0.1) is 18.8 Å². The standard InChI is InChI=1S/C14H28O3/c1-10(2)5-11(3)8-17-9-14(4)6-12(15)13(16)7-14/h10-13,15-16H,5-9H2,1-4H3. The van der Waals surface area contributed by atoms with E-state index >= 15 is 0 Å². The quantitative estimate of drug-likeness (QED) is 0.753. The smallest absolute Gasteiger partial charge is 0.0805 e. The van der Waals surface area contributed by atoms with Gasteiger partial charge in [-0.25, -0.2) is 0 Å². The van der Waals surface area contributed by atoms with Crippen molar-refractivity contribution in [2.45, 2.75) is 59.2 Å². The normalized spacial score (nSPS) is 35.5. The van der Waals surface area contributed by atoms with Crippen LogP contribution < -0.4 is 0 Å². The average molecular weight is 244 g/mol. The Labute approximate surface area is 105 Å². The van der Waals surface area contributed by atoms with E-state index in [2.05, 4.69) is 27.7 Å². The molecule has 0 spiro atoms. The van der Waals surface area contributed by atoms with Gasteiger partial charge in [0, 0.05) is 6.61 Å². The first-order chi connectivity index (χ1) is 7.82. The van der Waals surface area contributed by atoms with Crippen LogP contribution in [0.3, 0.4) is 0 Å². The Bertz CT molecular complexity index is 218. The fourth-order valence-electron chi connectivity index (χ4n) is 2.86. The summed E-state index contributed by atoms with van der Waals surface area (Å²) in [5, 5.41) is 19.1. The number of hydrogen-bond acceptors (Lipinski definition) is 3. The third-order valence-electron chi connectivity index (χ3n) is 3.57. The lowest BCUT2D eigenvalue weighted by Gasteiger charge is -2.24. The Balaban J connectivity index is 2.22. The molecule has 0 aromatic heterocycles. The van der Waals surface area contributed by atoms with E-state index in [0.29, 0.717) is 31.3 Å². The van der Waals surface area contributed by atoms with Crippen LogP contribution in [0.2, 0.25) is 0 Å². The molecule has 0 radical (unpaired) electrons. The molecule has 17 heavy (non-hydrogen) atoms. The molecule has 1 saturated carbocycles. The molecule has 0 heterocycles. The summed E-state index contributed by atoms with van der Waals surface area (Å²) in [5.74, 6) is 1.29. The predicted molar refractivity (Wildman–Crippen MR) is 68.8 cm³/mol. The van der Waals surface area contributed by atoms with Gasteiger partial charge in [-0.1, -0.05) is 27.7 Å². The number of hydrogen-bond donors (Lipinski definition) is 2. The zero-order valence-electron chi connectivity index (χ0n) is 11.6. The Kier molecular flexibility index (Phi) is 5.42. The highest BCUT2D eigenvalue weighted by atomic mass is 16.5. The molecular formula is C14H28O3. The van der Waals surface area contributed by atoms with E-state index in [1.807, 2.05) is 0 Å². The van der Waals surface area contributed by atoms with Crippen LogP contribution in [0.5, 0.6) is 0 Å². The number of rotatable bonds is 6. The summed E-state index contributed by atoms with van der Waals surface area (Å²) in [6.45, 7) is 10.2. The molecule has 3 nitrogen and oxygen atoms in total. The summed E-state index contributed by atoms with van der Waals surface area (Å²) in [5.41, 5.74) is -0.0591. The minimum Gasteiger partial charge on any atom is -0.390 e. The Morgan fingerprint density at radius 3 is 2.18 bits per heavy atom. The summed E-state index contributed by atoms with van der Waals surface area (Å²) in [4.78, 5) is 0. The van der Waals surface area contributed by atoms with Crippen LogP contribution in [0.25, 0.3) is 0 Å². The molecule has 0 aliphatic heterocycles. The second kappa shape index (κ2) is 6.17. The lowest BCUT2D eigenvalue weighted by molar-refractivity contribution is 0.0279. The van der Waals surface area contributed by atoms with Crippen molar-refractivity contribution in [3.05, 3.63) is 0 Å². The molecule has 0 aromatic carbocycles. The summed E-state index contributed by atoms with van der Waals surface area (Å²) in [7, 11) is 0. The van der Waals surface area contributed by atoms with Crippen LogP contribution in [0, 0.1) is 17.3 Å². The van der Waals surface area contributed by atoms with Gasteiger partial charge < -0.3 is 14.9 Å². The number of aliphatic hydroxyl groups excluding tert-OH is 2. The van der Waals surface area contributed by atoms with E-state index in [0.717, 1.165) is 6.61 Å². The van der Waals surface area contributed by atoms with Gasteiger partial charge in [-0.05, 0) is 36.5 Å². The fraction of sp³-hybridized carbons (Fsp3) is 1.00. The van der Waals surface area contributed by atoms with Crippen LogP contribution >= 0.6 is 0 Å². The van der Waals surface area contributed by atoms with Crippen molar-refractivity contribution in [1.29, 1.82) is 0 Å². The molecule has 1 aliphatic rings. The SMILES string of the molecule is CC(C)CC(C)COCC1(C)CC(O)C(O)C1. The predicted octanol–water partition coefficient (Wildman–Crippen LogP) is 2.21. The summed E-state index contributed by atoms with van der Waals surface area (Å²) >= 11 is 0. The Hall–Kier alpha value is -0.120. The molecular weight excluding hydrogens is 216 g/mol. The largest absolute Gasteiger partial charge is 0.390 e. The molecule has 0 bridgehead atoms. The maximum absolute atomic E-state index is 9.56. The maximum atomic E-state index is 9.56. The van der Waals surface area contributed by atoms with Gasteiger partial charge >= 0.3 is 0 Å². The molecule has 1 fully saturated rings. The van der Waals surface area contributed by atoms with Gasteiger partial charge in [0.1, 0.15) is 0 Å². The van der Waals surface area contributed by atoms with Crippen molar-refractivity contribution in [3.8, 4) is 0 Å². The van der Waals surface area contributed by atoms with Crippen molar-refractivity contribution >= 4 is 0 Å². The van der Waals surface area contributed by atoms with Crippen molar-refractivity contribution in [2.24, 2.45) is 17.3 Å². The lowest BCUT2D eigenvalue weighted by atomic mass is 9.89. The van der Waals surface area contributed by atoms with E-state index < -0.39 is 12.2 Å². The van der Waals surface area contributed by atoms with Gasteiger partial charge in [0.25, 0.3) is 0 Å². The van der Waals surface area contributed by atoms with E-state index in [-0.39, 0.29) is 5.41 Å². The molecule has 1 rings (SSSR count). The van der Waals surface area contributed by atoms with E-state index in [4.69, 9.17) is 4.74 Å². The van der Waals surface area contributed by atoms with Crippen LogP contribution in [0.1, 0.15) is 47.0 Å². The monoisotopic (exact) mass is 244 g/mol. The van der Waals surface area contributed by atoms with Crippen LogP contribution in [-0.2, 0) is 4.74 Å². The topological polar surface area (TPSA) is 49.7 Å². The van der Waals surface area contributed by atoms with Crippen molar-refractivity contribution in [1.82, 2.24) is 0 Å². The molecule has 0 amide bonds. The molecule has 3 heteroatoms. The molecule has 102 valence electrons. The first kappa shape index (κ1) is 14.9. The van der Waals surface area contributed by atoms with Crippen LogP contribution in [0.4, 0.5) is 0 Å². The van der Waals surface area contributed by atoms with Crippen molar-refractivity contribution in [2.75, 3.05) is 13.2 Å².